The van der Waals surface area contributed by atoms with Gasteiger partial charge in [-0.1, -0.05) is 37.1 Å². The number of unbranched alkanes of at least 4 members (excludes halogenated alkanes) is 3. The van der Waals surface area contributed by atoms with Gasteiger partial charge in [-0.25, -0.2) is 9.97 Å². The van der Waals surface area contributed by atoms with Crippen LogP contribution in [-0.4, -0.2) is 69.9 Å². The molecule has 1 aromatic carbocycles. The van der Waals surface area contributed by atoms with E-state index >= 15 is 0 Å². The zero-order chi connectivity index (χ0) is 25.3. The van der Waals surface area contributed by atoms with E-state index in [4.69, 9.17) is 24.5 Å². The van der Waals surface area contributed by atoms with Gasteiger partial charge >= 0.3 is 0 Å². The van der Waals surface area contributed by atoms with Gasteiger partial charge in [0.15, 0.2) is 11.4 Å². The number of nitrogens with zero attached hydrogens (tertiary/aromatic N) is 5. The average Bonchev–Trinajstić information content (AvgIpc) is 3.35. The molecule has 1 fully saturated rings. The summed E-state index contributed by atoms with van der Waals surface area (Å²) in [7, 11) is 0. The van der Waals surface area contributed by atoms with Crippen molar-refractivity contribution in [1.82, 2.24) is 19.5 Å². The van der Waals surface area contributed by atoms with Crippen molar-refractivity contribution in [3.8, 4) is 11.3 Å². The summed E-state index contributed by atoms with van der Waals surface area (Å²) in [4.78, 5) is 27.8. The Bertz CT molecular complexity index is 1120. The van der Waals surface area contributed by atoms with Crippen LogP contribution in [0.5, 0.6) is 0 Å². The Labute approximate surface area is 212 Å². The summed E-state index contributed by atoms with van der Waals surface area (Å²) in [5, 5.41) is 8.75. The molecule has 4 rings (SSSR count). The fourth-order valence-corrected chi connectivity index (χ4v) is 4.30. The molecule has 9 heteroatoms. The summed E-state index contributed by atoms with van der Waals surface area (Å²) in [5.41, 5.74) is 4.62. The van der Waals surface area contributed by atoms with Crippen LogP contribution >= 0.6 is 0 Å². The fraction of sp³-hybridized carbons (Fsp3) is 0.556. The van der Waals surface area contributed by atoms with Crippen molar-refractivity contribution in [3.05, 3.63) is 36.2 Å². The van der Waals surface area contributed by atoms with Gasteiger partial charge < -0.3 is 24.0 Å². The molecule has 0 spiro atoms. The molecule has 0 aliphatic carbocycles. The summed E-state index contributed by atoms with van der Waals surface area (Å²) in [6, 6.07) is 8.57. The number of carbonyl (C=O) groups excluding carboxylic acids is 1. The number of anilines is 1. The number of benzene rings is 1. The highest BCUT2D eigenvalue weighted by atomic mass is 16.5. The molecule has 9 nitrogen and oxygen atoms in total. The highest BCUT2D eigenvalue weighted by molar-refractivity contribution is 5.88. The van der Waals surface area contributed by atoms with E-state index in [1.807, 2.05) is 6.33 Å². The Balaban J connectivity index is 1.39. The highest BCUT2D eigenvalue weighted by Crippen LogP contribution is 2.29. The van der Waals surface area contributed by atoms with Crippen molar-refractivity contribution in [2.45, 2.75) is 58.6 Å². The molecule has 3 aromatic rings. The first-order valence-electron chi connectivity index (χ1n) is 12.9. The number of Topliss-reactive ketones (excluding diaryl/α,β-unsaturated/α-hetero) is 1. The first-order valence-corrected chi connectivity index (χ1v) is 12.9. The minimum Gasteiger partial charge on any atom is -0.389 e. The smallest absolute Gasteiger partial charge is 0.228 e. The Morgan fingerprint density at radius 1 is 1.08 bits per heavy atom. The van der Waals surface area contributed by atoms with E-state index in [0.29, 0.717) is 32.8 Å². The van der Waals surface area contributed by atoms with Crippen molar-refractivity contribution < 1.29 is 19.4 Å². The molecular weight excluding hydrogens is 458 g/mol. The van der Waals surface area contributed by atoms with Gasteiger partial charge in [0.2, 0.25) is 5.95 Å². The second kappa shape index (κ2) is 12.9. The number of morpholine rings is 1. The third kappa shape index (κ3) is 6.66. The third-order valence-corrected chi connectivity index (χ3v) is 6.43. The molecule has 3 heterocycles. The minimum atomic E-state index is -0.347. The van der Waals surface area contributed by atoms with Crippen molar-refractivity contribution in [1.29, 1.82) is 0 Å². The lowest BCUT2D eigenvalue weighted by Gasteiger charge is -2.27. The van der Waals surface area contributed by atoms with Gasteiger partial charge in [-0.15, -0.1) is 0 Å². The summed E-state index contributed by atoms with van der Waals surface area (Å²) >= 11 is 0. The number of aromatic nitrogens is 4. The van der Waals surface area contributed by atoms with Crippen molar-refractivity contribution in [2.75, 3.05) is 44.4 Å². The summed E-state index contributed by atoms with van der Waals surface area (Å²) in [6.07, 6.45) is 6.12. The lowest BCUT2D eigenvalue weighted by Crippen LogP contribution is -2.37. The van der Waals surface area contributed by atoms with E-state index in [9.17, 15) is 4.79 Å². The van der Waals surface area contributed by atoms with Crippen LogP contribution in [0, 0.1) is 0 Å². The normalized spacial score (nSPS) is 14.2. The molecule has 0 bridgehead atoms. The third-order valence-electron chi connectivity index (χ3n) is 6.43. The van der Waals surface area contributed by atoms with Gasteiger partial charge in [-0.3, -0.25) is 4.79 Å². The highest BCUT2D eigenvalue weighted by Gasteiger charge is 2.20. The van der Waals surface area contributed by atoms with Gasteiger partial charge in [0.05, 0.1) is 26.1 Å². The van der Waals surface area contributed by atoms with E-state index in [1.54, 1.807) is 0 Å². The van der Waals surface area contributed by atoms with Crippen LogP contribution in [0.1, 0.15) is 57.6 Å². The first-order chi connectivity index (χ1) is 17.6. The summed E-state index contributed by atoms with van der Waals surface area (Å²) < 4.78 is 13.5. The minimum absolute atomic E-state index is 0.0806. The number of hydrogen-bond acceptors (Lipinski definition) is 8. The van der Waals surface area contributed by atoms with E-state index in [2.05, 4.69) is 52.6 Å². The zero-order valence-electron chi connectivity index (χ0n) is 21.4. The van der Waals surface area contributed by atoms with Crippen molar-refractivity contribution in [2.24, 2.45) is 0 Å². The molecular formula is C27H37N5O4. The molecule has 0 unspecified atom stereocenters. The van der Waals surface area contributed by atoms with E-state index in [-0.39, 0.29) is 18.4 Å². The SMILES string of the molecule is CC(C)n1cnc2c(-c3ccc(COCCCCCCC(=O)CO)cc3)nc(N3CCOCC3)nc21. The van der Waals surface area contributed by atoms with Crippen LogP contribution < -0.4 is 4.90 Å². The maximum atomic E-state index is 11.1. The van der Waals surface area contributed by atoms with Crippen LogP contribution in [0.15, 0.2) is 30.6 Å². The number of hydrogen-bond donors (Lipinski definition) is 1. The van der Waals surface area contributed by atoms with Crippen LogP contribution in [0.4, 0.5) is 5.95 Å². The molecule has 36 heavy (non-hydrogen) atoms. The molecule has 0 saturated carbocycles. The quantitative estimate of drug-likeness (QED) is 0.356. The van der Waals surface area contributed by atoms with Gasteiger partial charge in [0.1, 0.15) is 17.8 Å². The fourth-order valence-electron chi connectivity index (χ4n) is 4.30. The van der Waals surface area contributed by atoms with Crippen molar-refractivity contribution in [3.63, 3.8) is 0 Å². The van der Waals surface area contributed by atoms with Crippen LogP contribution in [0.2, 0.25) is 0 Å². The molecule has 1 N–H and O–H groups in total. The first kappa shape index (κ1) is 26.2. The number of aliphatic hydroxyl groups excluding tert-OH is 1. The number of imidazole rings is 1. The average molecular weight is 496 g/mol. The number of aliphatic hydroxyl groups is 1. The molecule has 0 radical (unpaired) electrons. The predicted octanol–water partition coefficient (Wildman–Crippen LogP) is 3.94. The second-order valence-electron chi connectivity index (χ2n) is 9.50. The number of ether oxygens (including phenoxy) is 2. The zero-order valence-corrected chi connectivity index (χ0v) is 21.4. The van der Waals surface area contributed by atoms with E-state index < -0.39 is 0 Å². The summed E-state index contributed by atoms with van der Waals surface area (Å²) in [5.74, 6) is 0.638. The predicted molar refractivity (Wildman–Crippen MR) is 139 cm³/mol. The molecule has 194 valence electrons. The van der Waals surface area contributed by atoms with Gasteiger partial charge in [-0.2, -0.15) is 4.98 Å². The lowest BCUT2D eigenvalue weighted by molar-refractivity contribution is -0.121. The second-order valence-corrected chi connectivity index (χ2v) is 9.50. The number of ketones is 1. The van der Waals surface area contributed by atoms with Crippen LogP contribution in [-0.2, 0) is 20.9 Å². The lowest BCUT2D eigenvalue weighted by atomic mass is 10.1. The number of rotatable bonds is 13. The Morgan fingerprint density at radius 2 is 1.83 bits per heavy atom. The van der Waals surface area contributed by atoms with Gasteiger partial charge in [-0.05, 0) is 32.3 Å². The Hall–Kier alpha value is -2.88. The molecule has 0 amide bonds. The Kier molecular flexibility index (Phi) is 9.38. The van der Waals surface area contributed by atoms with E-state index in [1.165, 1.54) is 0 Å². The van der Waals surface area contributed by atoms with Gasteiger partial charge in [0, 0.05) is 37.7 Å². The van der Waals surface area contributed by atoms with Crippen LogP contribution in [0.25, 0.3) is 22.4 Å². The molecule has 2 aromatic heterocycles. The summed E-state index contributed by atoms with van der Waals surface area (Å²) in [6.45, 7) is 8.07. The molecule has 1 aliphatic heterocycles. The standard InChI is InChI=1S/C27H37N5O4/c1-20(2)32-19-28-25-24(29-27(30-26(25)32)31-12-15-35-16-13-31)22-10-8-21(9-11-22)18-36-14-6-4-3-5-7-23(34)17-33/h8-11,19-20,33H,3-7,12-18H2,1-2H3. The Morgan fingerprint density at radius 3 is 2.56 bits per heavy atom. The monoisotopic (exact) mass is 495 g/mol. The topological polar surface area (TPSA) is 103 Å². The van der Waals surface area contributed by atoms with Crippen LogP contribution in [0.3, 0.4) is 0 Å². The maximum absolute atomic E-state index is 11.1. The van der Waals surface area contributed by atoms with Crippen molar-refractivity contribution >= 4 is 22.9 Å². The number of fused-ring (bicyclic) bond motifs is 1. The molecule has 1 saturated heterocycles. The maximum Gasteiger partial charge on any atom is 0.228 e. The number of carbonyl (C=O) groups is 1. The van der Waals surface area contributed by atoms with Gasteiger partial charge in [0.25, 0.3) is 0 Å². The molecule has 1 aliphatic rings. The van der Waals surface area contributed by atoms with E-state index in [0.717, 1.165) is 72.7 Å². The molecule has 0 atom stereocenters. The largest absolute Gasteiger partial charge is 0.389 e.